The lowest BCUT2D eigenvalue weighted by Gasteiger charge is -2.51. The largest absolute Gasteiger partial charge is 0.508 e. The van der Waals surface area contributed by atoms with Crippen LogP contribution in [0.3, 0.4) is 0 Å². The zero-order chi connectivity index (χ0) is 16.9. The van der Waals surface area contributed by atoms with Crippen molar-refractivity contribution in [3.63, 3.8) is 0 Å². The molecule has 1 aliphatic rings. The van der Waals surface area contributed by atoms with Gasteiger partial charge in [0.2, 0.25) is 0 Å². The van der Waals surface area contributed by atoms with E-state index in [4.69, 9.17) is 0 Å². The van der Waals surface area contributed by atoms with Crippen molar-refractivity contribution in [1.29, 1.82) is 0 Å². The number of phenolic OH excluding ortho intramolecular Hbond substituents is 1. The molecule has 3 atom stereocenters. The maximum atomic E-state index is 9.99. The summed E-state index contributed by atoms with van der Waals surface area (Å²) < 4.78 is 0. The molecule has 0 spiro atoms. The first kappa shape index (κ1) is 18.1. The van der Waals surface area contributed by atoms with E-state index >= 15 is 0 Å². The number of hydrogen-bond donors (Lipinski definition) is 1. The van der Waals surface area contributed by atoms with E-state index in [1.807, 2.05) is 18.2 Å². The number of nitrogens with zero attached hydrogens (tertiary/aromatic N) is 1. The molecule has 0 radical (unpaired) electrons. The minimum atomic E-state index is 0.186. The second kappa shape index (κ2) is 8.01. The van der Waals surface area contributed by atoms with Crippen LogP contribution in [-0.4, -0.2) is 29.1 Å². The van der Waals surface area contributed by atoms with Crippen LogP contribution in [0.5, 0.6) is 5.75 Å². The summed E-state index contributed by atoms with van der Waals surface area (Å²) in [7, 11) is 0. The highest BCUT2D eigenvalue weighted by Gasteiger charge is 2.44. The average Bonchev–Trinajstić information content (AvgIpc) is 2.52. The molecule has 0 aromatic heterocycles. The molecule has 0 amide bonds. The summed E-state index contributed by atoms with van der Waals surface area (Å²) in [6.45, 7) is 13.0. The maximum Gasteiger partial charge on any atom is 0.115 e. The molecular weight excluding hydrogens is 282 g/mol. The zero-order valence-corrected chi connectivity index (χ0v) is 15.1. The molecule has 1 aliphatic heterocycles. The van der Waals surface area contributed by atoms with Crippen LogP contribution in [0.25, 0.3) is 0 Å². The van der Waals surface area contributed by atoms with Gasteiger partial charge < -0.3 is 5.11 Å². The highest BCUT2D eigenvalue weighted by atomic mass is 16.3. The van der Waals surface area contributed by atoms with E-state index < -0.39 is 0 Å². The van der Waals surface area contributed by atoms with Gasteiger partial charge in [0.05, 0.1) is 0 Å². The smallest absolute Gasteiger partial charge is 0.115 e. The van der Waals surface area contributed by atoms with Crippen LogP contribution in [0.4, 0.5) is 0 Å². The number of benzene rings is 1. The number of aromatic hydroxyl groups is 1. The first-order valence-electron chi connectivity index (χ1n) is 9.21. The van der Waals surface area contributed by atoms with Crippen molar-refractivity contribution >= 4 is 0 Å². The minimum absolute atomic E-state index is 0.186. The molecule has 2 rings (SSSR count). The molecule has 1 heterocycles. The lowest BCUT2D eigenvalue weighted by Crippen LogP contribution is -2.54. The lowest BCUT2D eigenvalue weighted by atomic mass is 9.62. The van der Waals surface area contributed by atoms with Crippen LogP contribution in [0, 0.1) is 5.92 Å². The van der Waals surface area contributed by atoms with Crippen LogP contribution in [0.15, 0.2) is 36.9 Å². The summed E-state index contributed by atoms with van der Waals surface area (Å²) in [4.78, 5) is 2.61. The van der Waals surface area contributed by atoms with E-state index in [0.29, 0.717) is 17.7 Å². The van der Waals surface area contributed by atoms with Gasteiger partial charge in [0, 0.05) is 24.5 Å². The summed E-state index contributed by atoms with van der Waals surface area (Å²) in [5.74, 6) is 0.975. The van der Waals surface area contributed by atoms with Gasteiger partial charge in [-0.15, -0.1) is 6.58 Å². The predicted octanol–water partition coefficient (Wildman–Crippen LogP) is 5.13. The summed E-state index contributed by atoms with van der Waals surface area (Å²) in [6, 6.07) is 8.61. The van der Waals surface area contributed by atoms with Crippen LogP contribution in [0.1, 0.15) is 58.4 Å². The normalized spacial score (nSPS) is 28.7. The summed E-state index contributed by atoms with van der Waals surface area (Å²) in [5.41, 5.74) is 1.51. The minimum Gasteiger partial charge on any atom is -0.508 e. The van der Waals surface area contributed by atoms with E-state index in [1.165, 1.54) is 37.7 Å². The van der Waals surface area contributed by atoms with E-state index in [1.54, 1.807) is 6.07 Å². The fourth-order valence-electron chi connectivity index (χ4n) is 4.59. The lowest BCUT2D eigenvalue weighted by molar-refractivity contribution is 0.0447. The Morgan fingerprint density at radius 2 is 2.13 bits per heavy atom. The Morgan fingerprint density at radius 1 is 1.35 bits per heavy atom. The van der Waals surface area contributed by atoms with Crippen LogP contribution in [-0.2, 0) is 5.41 Å². The molecule has 128 valence electrons. The van der Waals surface area contributed by atoms with Crippen molar-refractivity contribution < 1.29 is 5.11 Å². The van der Waals surface area contributed by atoms with Gasteiger partial charge in [0.1, 0.15) is 5.75 Å². The average molecular weight is 316 g/mol. The zero-order valence-electron chi connectivity index (χ0n) is 15.1. The Kier molecular flexibility index (Phi) is 6.29. The van der Waals surface area contributed by atoms with Crippen molar-refractivity contribution in [2.45, 2.75) is 64.3 Å². The quantitative estimate of drug-likeness (QED) is 0.705. The first-order valence-corrected chi connectivity index (χ1v) is 9.21. The topological polar surface area (TPSA) is 23.5 Å². The second-order valence-corrected chi connectivity index (χ2v) is 7.25. The van der Waals surface area contributed by atoms with Gasteiger partial charge in [-0.3, -0.25) is 4.90 Å². The van der Waals surface area contributed by atoms with Gasteiger partial charge in [-0.1, -0.05) is 51.8 Å². The molecular formula is C21H33NO. The highest BCUT2D eigenvalue weighted by molar-refractivity contribution is 5.34. The van der Waals surface area contributed by atoms with Gasteiger partial charge in [-0.25, -0.2) is 0 Å². The molecule has 3 unspecified atom stereocenters. The summed E-state index contributed by atoms with van der Waals surface area (Å²) >= 11 is 0. The molecule has 2 heteroatoms. The van der Waals surface area contributed by atoms with Crippen LogP contribution in [0.2, 0.25) is 0 Å². The fourth-order valence-corrected chi connectivity index (χ4v) is 4.59. The molecule has 0 bridgehead atoms. The molecule has 0 aliphatic carbocycles. The molecule has 23 heavy (non-hydrogen) atoms. The molecule has 1 fully saturated rings. The Bertz CT molecular complexity index is 512. The summed E-state index contributed by atoms with van der Waals surface area (Å²) in [6.07, 6.45) is 8.06. The Morgan fingerprint density at radius 3 is 2.74 bits per heavy atom. The molecule has 1 aromatic carbocycles. The number of rotatable bonds is 7. The van der Waals surface area contributed by atoms with E-state index in [9.17, 15) is 5.11 Å². The Hall–Kier alpha value is -1.28. The van der Waals surface area contributed by atoms with Crippen molar-refractivity contribution in [2.24, 2.45) is 5.92 Å². The molecule has 1 saturated heterocycles. The van der Waals surface area contributed by atoms with Gasteiger partial charge >= 0.3 is 0 Å². The monoisotopic (exact) mass is 315 g/mol. The number of piperidine rings is 1. The number of phenols is 1. The van der Waals surface area contributed by atoms with Crippen molar-refractivity contribution in [2.75, 3.05) is 13.1 Å². The molecule has 0 saturated carbocycles. The number of likely N-dealkylation sites (tertiary alicyclic amines) is 1. The van der Waals surface area contributed by atoms with E-state index in [0.717, 1.165) is 13.1 Å². The van der Waals surface area contributed by atoms with Gasteiger partial charge in [-0.2, -0.15) is 0 Å². The molecule has 2 nitrogen and oxygen atoms in total. The van der Waals surface area contributed by atoms with Crippen molar-refractivity contribution in [3.8, 4) is 5.75 Å². The van der Waals surface area contributed by atoms with Gasteiger partial charge in [0.15, 0.2) is 0 Å². The highest BCUT2D eigenvalue weighted by Crippen LogP contribution is 2.46. The first-order chi connectivity index (χ1) is 11.1. The SMILES string of the molecule is C=CCN1CC(C)C(CCC)(c2cccc(O)c2)CC1CCC. The Labute approximate surface area is 142 Å². The Balaban J connectivity index is 2.39. The second-order valence-electron chi connectivity index (χ2n) is 7.25. The predicted molar refractivity (Wildman–Crippen MR) is 98.9 cm³/mol. The van der Waals surface area contributed by atoms with Crippen molar-refractivity contribution in [3.05, 3.63) is 42.5 Å². The van der Waals surface area contributed by atoms with Crippen molar-refractivity contribution in [1.82, 2.24) is 4.90 Å². The maximum absolute atomic E-state index is 9.99. The van der Waals surface area contributed by atoms with E-state index in [2.05, 4.69) is 38.3 Å². The molecule has 1 aromatic rings. The number of hydrogen-bond acceptors (Lipinski definition) is 2. The third kappa shape index (κ3) is 3.80. The van der Waals surface area contributed by atoms with E-state index in [-0.39, 0.29) is 5.41 Å². The van der Waals surface area contributed by atoms with Crippen LogP contribution >= 0.6 is 0 Å². The third-order valence-electron chi connectivity index (χ3n) is 5.67. The molecule has 1 N–H and O–H groups in total. The van der Waals surface area contributed by atoms with Crippen LogP contribution < -0.4 is 0 Å². The van der Waals surface area contributed by atoms with Gasteiger partial charge in [-0.05, 0) is 42.9 Å². The summed E-state index contributed by atoms with van der Waals surface area (Å²) in [5, 5.41) is 9.99. The standard InChI is InChI=1S/C21H33NO/c1-5-9-19-15-21(12-6-2,17(4)16-22(19)13-7-3)18-10-8-11-20(23)14-18/h7-8,10-11,14,17,19,23H,3,5-6,9,12-13,15-16H2,1-2,4H3. The van der Waals surface area contributed by atoms with Gasteiger partial charge in [0.25, 0.3) is 0 Å². The third-order valence-corrected chi connectivity index (χ3v) is 5.67. The fraction of sp³-hybridized carbons (Fsp3) is 0.619.